The van der Waals surface area contributed by atoms with Gasteiger partial charge >= 0.3 is 12.1 Å². The van der Waals surface area contributed by atoms with Gasteiger partial charge in [-0.15, -0.1) is 0 Å². The SMILES string of the molecule is COC(=O)/C(C#N)=C(\Nc1ccc(F)c(Cl)c1)C(F)(F)F. The summed E-state index contributed by atoms with van der Waals surface area (Å²) in [6.07, 6.45) is -5.03. The van der Waals surface area contributed by atoms with Gasteiger partial charge in [0.15, 0.2) is 5.57 Å². The van der Waals surface area contributed by atoms with E-state index in [1.54, 1.807) is 0 Å². The van der Waals surface area contributed by atoms with Crippen LogP contribution in [-0.2, 0) is 9.53 Å². The van der Waals surface area contributed by atoms with Gasteiger partial charge < -0.3 is 10.1 Å². The van der Waals surface area contributed by atoms with Crippen molar-refractivity contribution in [3.8, 4) is 6.07 Å². The monoisotopic (exact) mass is 322 g/mol. The molecule has 9 heteroatoms. The molecule has 0 aromatic heterocycles. The number of benzene rings is 1. The number of nitrogens with one attached hydrogen (secondary N) is 1. The highest BCUT2D eigenvalue weighted by Gasteiger charge is 2.39. The Kier molecular flexibility index (Phi) is 5.16. The minimum Gasteiger partial charge on any atom is -0.465 e. The highest BCUT2D eigenvalue weighted by atomic mass is 35.5. The molecule has 0 saturated heterocycles. The van der Waals surface area contributed by atoms with Crippen LogP contribution in [0.2, 0.25) is 5.02 Å². The van der Waals surface area contributed by atoms with Gasteiger partial charge in [0, 0.05) is 5.69 Å². The molecule has 0 unspecified atom stereocenters. The zero-order valence-corrected chi connectivity index (χ0v) is 11.1. The molecule has 0 aliphatic carbocycles. The van der Waals surface area contributed by atoms with E-state index in [1.807, 2.05) is 5.32 Å². The number of methoxy groups -OCH3 is 1. The van der Waals surface area contributed by atoms with Gasteiger partial charge in [-0.1, -0.05) is 11.6 Å². The number of esters is 1. The highest BCUT2D eigenvalue weighted by Crippen LogP contribution is 2.31. The third-order valence-corrected chi connectivity index (χ3v) is 2.51. The lowest BCUT2D eigenvalue weighted by Gasteiger charge is -2.15. The number of hydrogen-bond acceptors (Lipinski definition) is 4. The predicted octanol–water partition coefficient (Wildman–Crippen LogP) is 3.40. The summed E-state index contributed by atoms with van der Waals surface area (Å²) in [4.78, 5) is 11.2. The summed E-state index contributed by atoms with van der Waals surface area (Å²) < 4.78 is 55.9. The number of anilines is 1. The quantitative estimate of drug-likeness (QED) is 0.401. The van der Waals surface area contributed by atoms with Crippen LogP contribution in [0.4, 0.5) is 23.2 Å². The van der Waals surface area contributed by atoms with Gasteiger partial charge in [-0.25, -0.2) is 9.18 Å². The molecule has 0 bridgehead atoms. The molecule has 0 radical (unpaired) electrons. The van der Waals surface area contributed by atoms with E-state index in [0.717, 1.165) is 31.4 Å². The average Bonchev–Trinajstić information content (AvgIpc) is 2.41. The van der Waals surface area contributed by atoms with Crippen molar-refractivity contribution in [2.75, 3.05) is 12.4 Å². The molecule has 0 spiro atoms. The molecule has 1 N–H and O–H groups in total. The largest absolute Gasteiger partial charge is 0.465 e. The molecule has 0 aliphatic heterocycles. The van der Waals surface area contributed by atoms with Crippen molar-refractivity contribution in [3.05, 3.63) is 40.3 Å². The van der Waals surface area contributed by atoms with Gasteiger partial charge in [0.2, 0.25) is 0 Å². The van der Waals surface area contributed by atoms with Gasteiger partial charge in [-0.2, -0.15) is 18.4 Å². The fraction of sp³-hybridized carbons (Fsp3) is 0.167. The van der Waals surface area contributed by atoms with Crippen LogP contribution in [0.15, 0.2) is 29.5 Å². The third kappa shape index (κ3) is 4.10. The zero-order chi connectivity index (χ0) is 16.2. The molecule has 0 heterocycles. The van der Waals surface area contributed by atoms with Crippen LogP contribution < -0.4 is 5.32 Å². The van der Waals surface area contributed by atoms with Gasteiger partial charge in [0.1, 0.15) is 17.6 Å². The molecular formula is C12H7ClF4N2O2. The first-order chi connectivity index (χ1) is 9.70. The van der Waals surface area contributed by atoms with Gasteiger partial charge in [0.05, 0.1) is 12.1 Å². The van der Waals surface area contributed by atoms with Crippen LogP contribution >= 0.6 is 11.6 Å². The zero-order valence-electron chi connectivity index (χ0n) is 10.4. The molecule has 0 aliphatic rings. The van der Waals surface area contributed by atoms with Crippen LogP contribution in [0.25, 0.3) is 0 Å². The number of carbonyl (C=O) groups is 1. The maximum Gasteiger partial charge on any atom is 0.432 e. The Bertz CT molecular complexity index is 635. The summed E-state index contributed by atoms with van der Waals surface area (Å²) in [5, 5.41) is 10.1. The Morgan fingerprint density at radius 2 is 2.05 bits per heavy atom. The Balaban J connectivity index is 3.34. The summed E-state index contributed by atoms with van der Waals surface area (Å²) in [6, 6.07) is 3.81. The fourth-order valence-corrected chi connectivity index (χ4v) is 1.48. The molecule has 1 rings (SSSR count). The second-order valence-electron chi connectivity index (χ2n) is 3.61. The summed E-state index contributed by atoms with van der Waals surface area (Å²) in [7, 11) is 0.836. The van der Waals surface area contributed by atoms with E-state index in [4.69, 9.17) is 16.9 Å². The lowest BCUT2D eigenvalue weighted by Crippen LogP contribution is -2.24. The number of carbonyl (C=O) groups excluding carboxylic acids is 1. The molecule has 1 aromatic carbocycles. The Hall–Kier alpha value is -2.27. The minimum absolute atomic E-state index is 0.245. The van der Waals surface area contributed by atoms with Crippen molar-refractivity contribution in [1.29, 1.82) is 5.26 Å². The maximum absolute atomic E-state index is 13.0. The highest BCUT2D eigenvalue weighted by molar-refractivity contribution is 6.31. The third-order valence-electron chi connectivity index (χ3n) is 2.22. The van der Waals surface area contributed by atoms with Gasteiger partial charge in [-0.05, 0) is 18.2 Å². The minimum atomic E-state index is -5.03. The molecule has 112 valence electrons. The van der Waals surface area contributed by atoms with Crippen molar-refractivity contribution in [3.63, 3.8) is 0 Å². The van der Waals surface area contributed by atoms with E-state index in [9.17, 15) is 22.4 Å². The van der Waals surface area contributed by atoms with Crippen molar-refractivity contribution in [2.24, 2.45) is 0 Å². The molecule has 0 amide bonds. The van der Waals surface area contributed by atoms with Crippen LogP contribution in [0.3, 0.4) is 0 Å². The molecular weight excluding hydrogens is 316 g/mol. The second-order valence-corrected chi connectivity index (χ2v) is 4.01. The van der Waals surface area contributed by atoms with Crippen LogP contribution in [0.5, 0.6) is 0 Å². The number of nitriles is 1. The lowest BCUT2D eigenvalue weighted by atomic mass is 10.2. The fourth-order valence-electron chi connectivity index (χ4n) is 1.30. The van der Waals surface area contributed by atoms with E-state index < -0.39 is 34.3 Å². The molecule has 4 nitrogen and oxygen atoms in total. The summed E-state index contributed by atoms with van der Waals surface area (Å²) in [6.45, 7) is 0. The number of halogens is 5. The van der Waals surface area contributed by atoms with Crippen molar-refractivity contribution in [1.82, 2.24) is 0 Å². The summed E-state index contributed by atoms with van der Waals surface area (Å²) in [5.41, 5.74) is -3.13. The Labute approximate surface area is 121 Å². The number of rotatable bonds is 3. The standard InChI is InChI=1S/C12H7ClF4N2O2/c1-21-11(20)7(5-18)10(12(15,16)17)19-6-2-3-9(14)8(13)4-6/h2-4,19H,1H3/b10-7-. The van der Waals surface area contributed by atoms with Crippen LogP contribution in [0.1, 0.15) is 0 Å². The molecule has 1 aromatic rings. The lowest BCUT2D eigenvalue weighted by molar-refractivity contribution is -0.136. The van der Waals surface area contributed by atoms with Crippen molar-refractivity contribution < 1.29 is 27.1 Å². The Morgan fingerprint density at radius 1 is 1.43 bits per heavy atom. The first-order valence-corrected chi connectivity index (χ1v) is 5.60. The smallest absolute Gasteiger partial charge is 0.432 e. The van der Waals surface area contributed by atoms with Crippen LogP contribution in [0, 0.1) is 17.1 Å². The second kappa shape index (κ2) is 6.45. The van der Waals surface area contributed by atoms with Crippen molar-refractivity contribution in [2.45, 2.75) is 6.18 Å². The maximum atomic E-state index is 13.0. The van der Waals surface area contributed by atoms with E-state index in [0.29, 0.717) is 0 Å². The summed E-state index contributed by atoms with van der Waals surface area (Å²) >= 11 is 5.45. The number of hydrogen-bond donors (Lipinski definition) is 1. The van der Waals surface area contributed by atoms with Crippen LogP contribution in [-0.4, -0.2) is 19.3 Å². The normalized spacial score (nSPS) is 12.2. The number of alkyl halides is 3. The average molecular weight is 323 g/mol. The number of ether oxygens (including phenoxy) is 1. The molecule has 21 heavy (non-hydrogen) atoms. The first-order valence-electron chi connectivity index (χ1n) is 5.22. The van der Waals surface area contributed by atoms with E-state index in [2.05, 4.69) is 4.74 Å². The summed E-state index contributed by atoms with van der Waals surface area (Å²) in [5.74, 6) is -2.28. The van der Waals surface area contributed by atoms with Gasteiger partial charge in [-0.3, -0.25) is 0 Å². The molecule has 0 atom stereocenters. The van der Waals surface area contributed by atoms with Gasteiger partial charge in [0.25, 0.3) is 0 Å². The van der Waals surface area contributed by atoms with Crippen molar-refractivity contribution >= 4 is 23.3 Å². The molecule has 0 fully saturated rings. The topological polar surface area (TPSA) is 62.1 Å². The Morgan fingerprint density at radius 3 is 2.48 bits per heavy atom. The van der Waals surface area contributed by atoms with E-state index in [1.165, 1.54) is 0 Å². The first kappa shape index (κ1) is 16.8. The number of allylic oxidation sites excluding steroid dienone is 1. The molecule has 0 saturated carbocycles. The number of nitrogens with zero attached hydrogens (tertiary/aromatic N) is 1. The van der Waals surface area contributed by atoms with E-state index >= 15 is 0 Å². The predicted molar refractivity (Wildman–Crippen MR) is 65.7 cm³/mol. The van der Waals surface area contributed by atoms with E-state index in [-0.39, 0.29) is 5.69 Å².